The monoisotopic (exact) mass is 657 g/mol. The zero-order valence-electron chi connectivity index (χ0n) is 30.3. The predicted octanol–water partition coefficient (Wildman–Crippen LogP) is 10.2. The quantitative estimate of drug-likeness (QED) is 0.0929. The van der Waals surface area contributed by atoms with Crippen molar-refractivity contribution in [3.05, 3.63) is 24.3 Å². The number of hydrogen-bond donors (Lipinski definition) is 0. The molecule has 2 aromatic rings. The van der Waals surface area contributed by atoms with Crippen LogP contribution in [0.3, 0.4) is 0 Å². The number of aliphatic carboxylic acids is 1. The highest BCUT2D eigenvalue weighted by atomic mass is 31.2. The van der Waals surface area contributed by atoms with Gasteiger partial charge in [-0.2, -0.15) is 4.68 Å². The standard InChI is InChI=1S/C24H52P.C15H17N3O3/c1-5-9-13-14-15-16-17-18-19-20-24-25(21-10-6-2,22-11-7-3)23-12-8-4;1-9-6-7-10(15(20)21)11(8-9)14(19)18-13-5-3-2-4-12(13)16-17-18/h5-24H2,1-4H3;2-5,9-11H,6-8H2,1H3,(H,20,21)/q+1;/p-1. The largest absolute Gasteiger partial charge is 0.550 e. The molecule has 0 amide bonds. The van der Waals surface area contributed by atoms with Crippen LogP contribution in [0.4, 0.5) is 0 Å². The number of aromatic nitrogens is 3. The molecule has 1 aromatic heterocycles. The smallest absolute Gasteiger partial charge is 0.252 e. The maximum absolute atomic E-state index is 12.7. The van der Waals surface area contributed by atoms with Gasteiger partial charge in [0, 0.05) is 25.1 Å². The van der Waals surface area contributed by atoms with Crippen molar-refractivity contribution in [3.63, 3.8) is 0 Å². The summed E-state index contributed by atoms with van der Waals surface area (Å²) in [5.74, 6) is -2.46. The van der Waals surface area contributed by atoms with E-state index in [1.165, 1.54) is 101 Å². The number of carbonyl (C=O) groups excluding carboxylic acids is 2. The molecule has 3 rings (SSSR count). The Kier molecular flexibility index (Phi) is 20.6. The molecule has 6 nitrogen and oxygen atoms in total. The lowest BCUT2D eigenvalue weighted by molar-refractivity contribution is -0.313. The van der Waals surface area contributed by atoms with Gasteiger partial charge in [-0.05, 0) is 63.0 Å². The molecule has 1 fully saturated rings. The molecule has 1 heterocycles. The Hall–Kier alpha value is -1.81. The third kappa shape index (κ3) is 14.1. The molecule has 3 unspecified atom stereocenters. The first-order valence-corrected chi connectivity index (χ1v) is 21.8. The van der Waals surface area contributed by atoms with E-state index in [9.17, 15) is 14.7 Å². The van der Waals surface area contributed by atoms with Crippen molar-refractivity contribution in [3.8, 4) is 0 Å². The van der Waals surface area contributed by atoms with E-state index in [1.54, 1.807) is 49.3 Å². The first-order chi connectivity index (χ1) is 22.3. The number of benzene rings is 1. The Balaban J connectivity index is 0.000000323. The molecule has 7 heteroatoms. The summed E-state index contributed by atoms with van der Waals surface area (Å²) in [6.45, 7) is 11.5. The molecule has 3 atom stereocenters. The summed E-state index contributed by atoms with van der Waals surface area (Å²) in [6, 6.07) is 7.15. The Bertz CT molecular complexity index is 1080. The highest BCUT2D eigenvalue weighted by Crippen LogP contribution is 2.61. The Labute approximate surface area is 282 Å². The Morgan fingerprint density at radius 1 is 0.717 bits per heavy atom. The molecular formula is C39H68N3O3P. The number of hydrogen-bond acceptors (Lipinski definition) is 5. The molecule has 262 valence electrons. The molecule has 1 saturated carbocycles. The van der Waals surface area contributed by atoms with Gasteiger partial charge in [0.15, 0.2) is 0 Å². The van der Waals surface area contributed by atoms with Crippen LogP contribution in [-0.4, -0.2) is 51.5 Å². The van der Waals surface area contributed by atoms with Gasteiger partial charge in [-0.15, -0.1) is 5.10 Å². The minimum atomic E-state index is -1.15. The van der Waals surface area contributed by atoms with Crippen molar-refractivity contribution >= 4 is 30.2 Å². The summed E-state index contributed by atoms with van der Waals surface area (Å²) in [7, 11) is -0.620. The van der Waals surface area contributed by atoms with Crippen molar-refractivity contribution in [2.45, 2.75) is 157 Å². The zero-order chi connectivity index (χ0) is 33.6. The van der Waals surface area contributed by atoms with Crippen LogP contribution in [0.15, 0.2) is 24.3 Å². The fourth-order valence-electron chi connectivity index (χ4n) is 7.21. The van der Waals surface area contributed by atoms with Crippen LogP contribution in [0.25, 0.3) is 11.0 Å². The molecule has 1 aliphatic rings. The number of carbonyl (C=O) groups is 2. The van der Waals surface area contributed by atoms with E-state index in [1.807, 2.05) is 13.0 Å². The number of unbranched alkanes of at least 4 members (excludes halogenated alkanes) is 12. The van der Waals surface area contributed by atoms with E-state index < -0.39 is 25.1 Å². The number of nitrogens with zero attached hydrogens (tertiary/aromatic N) is 3. The minimum Gasteiger partial charge on any atom is -0.550 e. The summed E-state index contributed by atoms with van der Waals surface area (Å²) in [5.41, 5.74) is 1.23. The molecular weight excluding hydrogens is 589 g/mol. The van der Waals surface area contributed by atoms with Crippen LogP contribution in [0, 0.1) is 17.8 Å². The fourth-order valence-corrected chi connectivity index (χ4v) is 12.4. The molecule has 1 aromatic carbocycles. The summed E-state index contributed by atoms with van der Waals surface area (Å²) >= 11 is 0. The summed E-state index contributed by atoms with van der Waals surface area (Å²) in [4.78, 5) is 24.0. The molecule has 0 aliphatic heterocycles. The number of carboxylic acid groups (broad SMARTS) is 1. The fraction of sp³-hybridized carbons (Fsp3) is 0.795. The van der Waals surface area contributed by atoms with Crippen LogP contribution in [-0.2, 0) is 4.79 Å². The number of carboxylic acids is 1. The van der Waals surface area contributed by atoms with Gasteiger partial charge in [0.05, 0.1) is 30.2 Å². The van der Waals surface area contributed by atoms with Crippen molar-refractivity contribution in [1.82, 2.24) is 15.0 Å². The van der Waals surface area contributed by atoms with Crippen molar-refractivity contribution in [1.29, 1.82) is 0 Å². The van der Waals surface area contributed by atoms with Crippen LogP contribution in [0.2, 0.25) is 0 Å². The first kappa shape index (κ1) is 40.4. The molecule has 46 heavy (non-hydrogen) atoms. The van der Waals surface area contributed by atoms with E-state index in [4.69, 9.17) is 0 Å². The van der Waals surface area contributed by atoms with E-state index in [0.29, 0.717) is 29.8 Å². The maximum atomic E-state index is 12.7. The van der Waals surface area contributed by atoms with Gasteiger partial charge >= 0.3 is 0 Å². The second-order valence-electron chi connectivity index (χ2n) is 14.3. The van der Waals surface area contributed by atoms with Crippen molar-refractivity contribution in [2.24, 2.45) is 17.8 Å². The van der Waals surface area contributed by atoms with Gasteiger partial charge in [0.2, 0.25) is 0 Å². The van der Waals surface area contributed by atoms with E-state index in [0.717, 1.165) is 6.42 Å². The topological polar surface area (TPSA) is 87.9 Å². The third-order valence-electron chi connectivity index (χ3n) is 10.2. The van der Waals surface area contributed by atoms with Gasteiger partial charge < -0.3 is 9.90 Å². The van der Waals surface area contributed by atoms with Gasteiger partial charge in [0.1, 0.15) is 5.52 Å². The van der Waals surface area contributed by atoms with E-state index in [-0.39, 0.29) is 5.91 Å². The van der Waals surface area contributed by atoms with Crippen LogP contribution < -0.4 is 5.11 Å². The molecule has 0 saturated heterocycles. The highest BCUT2D eigenvalue weighted by molar-refractivity contribution is 7.75. The summed E-state index contributed by atoms with van der Waals surface area (Å²) in [6.07, 6.45) is 31.8. The summed E-state index contributed by atoms with van der Waals surface area (Å²) < 4.78 is 1.23. The highest BCUT2D eigenvalue weighted by Gasteiger charge is 2.36. The second kappa shape index (κ2) is 23.5. The minimum absolute atomic E-state index is 0.301. The van der Waals surface area contributed by atoms with Gasteiger partial charge in [-0.3, -0.25) is 4.79 Å². The lowest BCUT2D eigenvalue weighted by atomic mass is 9.74. The summed E-state index contributed by atoms with van der Waals surface area (Å²) in [5, 5.41) is 19.1. The van der Waals surface area contributed by atoms with E-state index >= 15 is 0 Å². The molecule has 1 aliphatic carbocycles. The maximum Gasteiger partial charge on any atom is 0.252 e. The van der Waals surface area contributed by atoms with Crippen molar-refractivity contribution in [2.75, 3.05) is 24.6 Å². The number of para-hydroxylation sites is 1. The van der Waals surface area contributed by atoms with E-state index in [2.05, 4.69) is 38.0 Å². The molecule has 0 N–H and O–H groups in total. The molecule has 0 bridgehead atoms. The SMILES string of the molecule is CC1CCC(C(=O)[O-])C(C(=O)n2nnc3ccccc32)C1.CCCCCCCCCCCC[P+](CCCC)(CCCC)CCCC. The van der Waals surface area contributed by atoms with Crippen molar-refractivity contribution < 1.29 is 14.7 Å². The number of rotatable bonds is 22. The number of fused-ring (bicyclic) bond motifs is 1. The van der Waals surface area contributed by atoms with Gasteiger partial charge in [-0.1, -0.05) is 129 Å². The average Bonchev–Trinajstić information content (AvgIpc) is 3.50. The Morgan fingerprint density at radius 2 is 1.22 bits per heavy atom. The van der Waals surface area contributed by atoms with Crippen LogP contribution in [0.1, 0.15) is 161 Å². The predicted molar refractivity (Wildman–Crippen MR) is 196 cm³/mol. The normalized spacial score (nSPS) is 18.3. The molecule has 0 radical (unpaired) electrons. The zero-order valence-corrected chi connectivity index (χ0v) is 31.2. The molecule has 0 spiro atoms. The lowest BCUT2D eigenvalue weighted by Crippen LogP contribution is -2.43. The Morgan fingerprint density at radius 3 is 1.76 bits per heavy atom. The van der Waals surface area contributed by atoms with Crippen LogP contribution in [0.5, 0.6) is 0 Å². The van der Waals surface area contributed by atoms with Gasteiger partial charge in [0.25, 0.3) is 5.91 Å². The first-order valence-electron chi connectivity index (χ1n) is 19.2. The average molecular weight is 658 g/mol. The second-order valence-corrected chi connectivity index (χ2v) is 18.7. The van der Waals surface area contributed by atoms with Crippen LogP contribution >= 0.6 is 7.26 Å². The third-order valence-corrected chi connectivity index (χ3v) is 15.3. The van der Waals surface area contributed by atoms with Gasteiger partial charge in [-0.25, -0.2) is 0 Å². The lowest BCUT2D eigenvalue weighted by Gasteiger charge is -2.34.